The van der Waals surface area contributed by atoms with E-state index in [9.17, 15) is 9.90 Å². The Balaban J connectivity index is 2.41. The van der Waals surface area contributed by atoms with Crippen LogP contribution in [-0.2, 0) is 22.5 Å². The van der Waals surface area contributed by atoms with Crippen LogP contribution in [0.5, 0.6) is 0 Å². The predicted molar refractivity (Wildman–Crippen MR) is 68.2 cm³/mol. The third kappa shape index (κ3) is 2.29. The summed E-state index contributed by atoms with van der Waals surface area (Å²) in [5.41, 5.74) is 3.10. The van der Waals surface area contributed by atoms with E-state index in [1.54, 1.807) is 0 Å². The molecule has 1 aliphatic carbocycles. The Bertz CT molecular complexity index is 474. The van der Waals surface area contributed by atoms with Crippen LogP contribution in [0.1, 0.15) is 43.3 Å². The number of hydrogen-bond donors (Lipinski definition) is 1. The van der Waals surface area contributed by atoms with Gasteiger partial charge in [-0.3, -0.25) is 4.79 Å². The number of esters is 1. The lowest BCUT2D eigenvalue weighted by Crippen LogP contribution is -2.27. The minimum absolute atomic E-state index is 0.0606. The lowest BCUT2D eigenvalue weighted by Gasteiger charge is -2.33. The molecule has 0 aromatic carbocycles. The second kappa shape index (κ2) is 4.43. The van der Waals surface area contributed by atoms with E-state index in [1.807, 2.05) is 17.6 Å². The average Bonchev–Trinajstić information content (AvgIpc) is 2.55. The van der Waals surface area contributed by atoms with E-state index in [2.05, 4.69) is 13.8 Å². The number of ether oxygens (including phenoxy) is 1. The number of aliphatic hydroxyl groups is 1. The zero-order chi connectivity index (χ0) is 13.5. The molecule has 4 heteroatoms. The molecule has 1 aromatic rings. The zero-order valence-corrected chi connectivity index (χ0v) is 11.5. The van der Waals surface area contributed by atoms with Gasteiger partial charge in [0, 0.05) is 17.0 Å². The van der Waals surface area contributed by atoms with Crippen molar-refractivity contribution in [1.82, 2.24) is 4.57 Å². The Morgan fingerprint density at radius 3 is 2.89 bits per heavy atom. The first kappa shape index (κ1) is 13.1. The van der Waals surface area contributed by atoms with E-state index in [-0.39, 0.29) is 17.9 Å². The first-order valence-electron chi connectivity index (χ1n) is 6.28. The van der Waals surface area contributed by atoms with E-state index in [0.717, 1.165) is 29.8 Å². The van der Waals surface area contributed by atoms with E-state index < -0.39 is 6.10 Å². The molecule has 18 heavy (non-hydrogen) atoms. The van der Waals surface area contributed by atoms with Crippen LogP contribution in [0.15, 0.2) is 6.07 Å². The molecule has 0 radical (unpaired) electrons. The maximum Gasteiger partial charge on any atom is 0.325 e. The number of hydrogen-bond acceptors (Lipinski definition) is 3. The second-order valence-corrected chi connectivity index (χ2v) is 5.91. The molecule has 0 amide bonds. The highest BCUT2D eigenvalue weighted by Crippen LogP contribution is 2.41. The molecule has 1 unspecified atom stereocenters. The summed E-state index contributed by atoms with van der Waals surface area (Å²) in [6, 6.07) is 1.98. The Hall–Kier alpha value is -1.29. The van der Waals surface area contributed by atoms with Gasteiger partial charge in [0.25, 0.3) is 0 Å². The van der Waals surface area contributed by atoms with E-state index in [1.165, 1.54) is 7.11 Å². The van der Waals surface area contributed by atoms with Gasteiger partial charge >= 0.3 is 5.97 Å². The van der Waals surface area contributed by atoms with Gasteiger partial charge in [-0.25, -0.2) is 0 Å². The maximum atomic E-state index is 11.5. The lowest BCUT2D eigenvalue weighted by molar-refractivity contribution is -0.141. The van der Waals surface area contributed by atoms with Gasteiger partial charge in [-0.1, -0.05) is 13.8 Å². The summed E-state index contributed by atoms with van der Waals surface area (Å²) in [6.45, 7) is 6.47. The second-order valence-electron chi connectivity index (χ2n) is 5.91. The van der Waals surface area contributed by atoms with E-state index >= 15 is 0 Å². The average molecular weight is 251 g/mol. The van der Waals surface area contributed by atoms with Crippen molar-refractivity contribution in [2.45, 2.75) is 46.3 Å². The monoisotopic (exact) mass is 251 g/mol. The summed E-state index contributed by atoms with van der Waals surface area (Å²) in [5, 5.41) is 10.2. The number of aliphatic hydroxyl groups excluding tert-OH is 1. The predicted octanol–water partition coefficient (Wildman–Crippen LogP) is 1.98. The van der Waals surface area contributed by atoms with Crippen LogP contribution in [0, 0.1) is 12.3 Å². The SMILES string of the molecule is COC(=O)Cn1c(C)cc2c1CC(C)(C)CC2O. The summed E-state index contributed by atoms with van der Waals surface area (Å²) in [5.74, 6) is -0.255. The molecule has 2 rings (SSSR count). The first-order valence-corrected chi connectivity index (χ1v) is 6.28. The first-order chi connectivity index (χ1) is 8.34. The molecule has 1 aromatic heterocycles. The Labute approximate surface area is 108 Å². The van der Waals surface area contributed by atoms with Gasteiger partial charge in [0.15, 0.2) is 0 Å². The molecule has 100 valence electrons. The molecule has 0 saturated carbocycles. The van der Waals surface area contributed by atoms with Gasteiger partial charge in [0.1, 0.15) is 6.54 Å². The number of aromatic nitrogens is 1. The van der Waals surface area contributed by atoms with Crippen LogP contribution >= 0.6 is 0 Å². The molecule has 0 saturated heterocycles. The number of fused-ring (bicyclic) bond motifs is 1. The van der Waals surface area contributed by atoms with Crippen molar-refractivity contribution >= 4 is 5.97 Å². The minimum Gasteiger partial charge on any atom is -0.468 e. The molecule has 0 bridgehead atoms. The van der Waals surface area contributed by atoms with Crippen molar-refractivity contribution in [3.8, 4) is 0 Å². The van der Waals surface area contributed by atoms with Gasteiger partial charge in [0.05, 0.1) is 13.2 Å². The number of carbonyl (C=O) groups excluding carboxylic acids is 1. The molecule has 0 fully saturated rings. The van der Waals surface area contributed by atoms with Crippen molar-refractivity contribution in [3.63, 3.8) is 0 Å². The molecular weight excluding hydrogens is 230 g/mol. The summed E-state index contributed by atoms with van der Waals surface area (Å²) in [4.78, 5) is 11.5. The number of nitrogens with zero attached hydrogens (tertiary/aromatic N) is 1. The van der Waals surface area contributed by atoms with E-state index in [4.69, 9.17) is 4.74 Å². The third-order valence-electron chi connectivity index (χ3n) is 3.72. The van der Waals surface area contributed by atoms with Crippen LogP contribution in [0.4, 0.5) is 0 Å². The van der Waals surface area contributed by atoms with Gasteiger partial charge < -0.3 is 14.4 Å². The number of rotatable bonds is 2. The van der Waals surface area contributed by atoms with Crippen LogP contribution < -0.4 is 0 Å². The lowest BCUT2D eigenvalue weighted by atomic mass is 9.75. The fourth-order valence-electron chi connectivity index (χ4n) is 2.81. The largest absolute Gasteiger partial charge is 0.468 e. The summed E-state index contributed by atoms with van der Waals surface area (Å²) >= 11 is 0. The van der Waals surface area contributed by atoms with Crippen LogP contribution in [0.2, 0.25) is 0 Å². The van der Waals surface area contributed by atoms with Crippen molar-refractivity contribution in [1.29, 1.82) is 0 Å². The van der Waals surface area contributed by atoms with E-state index in [0.29, 0.717) is 0 Å². The highest BCUT2D eigenvalue weighted by molar-refractivity contribution is 5.69. The zero-order valence-electron chi connectivity index (χ0n) is 11.5. The molecule has 1 heterocycles. The highest BCUT2D eigenvalue weighted by atomic mass is 16.5. The summed E-state index contributed by atoms with van der Waals surface area (Å²) in [6.07, 6.45) is 1.22. The molecule has 1 aliphatic rings. The number of methoxy groups -OCH3 is 1. The normalized spacial score (nSPS) is 21.5. The minimum atomic E-state index is -0.429. The molecule has 1 N–H and O–H groups in total. The van der Waals surface area contributed by atoms with Crippen molar-refractivity contribution in [2.75, 3.05) is 7.11 Å². The summed E-state index contributed by atoms with van der Waals surface area (Å²) in [7, 11) is 1.40. The summed E-state index contributed by atoms with van der Waals surface area (Å²) < 4.78 is 6.69. The Morgan fingerprint density at radius 1 is 1.61 bits per heavy atom. The van der Waals surface area contributed by atoms with Gasteiger partial charge in [-0.15, -0.1) is 0 Å². The van der Waals surface area contributed by atoms with Crippen LogP contribution in [0.25, 0.3) is 0 Å². The van der Waals surface area contributed by atoms with Crippen LogP contribution in [0.3, 0.4) is 0 Å². The highest BCUT2D eigenvalue weighted by Gasteiger charge is 2.34. The number of aryl methyl sites for hydroxylation is 1. The smallest absolute Gasteiger partial charge is 0.325 e. The van der Waals surface area contributed by atoms with Gasteiger partial charge in [-0.2, -0.15) is 0 Å². The van der Waals surface area contributed by atoms with Crippen molar-refractivity contribution in [2.24, 2.45) is 5.41 Å². The topological polar surface area (TPSA) is 51.5 Å². The molecule has 4 nitrogen and oxygen atoms in total. The third-order valence-corrected chi connectivity index (χ3v) is 3.72. The fourth-order valence-corrected chi connectivity index (χ4v) is 2.81. The number of carbonyl (C=O) groups is 1. The molecular formula is C14H21NO3. The fraction of sp³-hybridized carbons (Fsp3) is 0.643. The quantitative estimate of drug-likeness (QED) is 0.818. The van der Waals surface area contributed by atoms with Crippen LogP contribution in [-0.4, -0.2) is 22.8 Å². The maximum absolute atomic E-state index is 11.5. The van der Waals surface area contributed by atoms with Gasteiger partial charge in [0.2, 0.25) is 0 Å². The van der Waals surface area contributed by atoms with Crippen molar-refractivity contribution in [3.05, 3.63) is 23.0 Å². The van der Waals surface area contributed by atoms with Gasteiger partial charge in [-0.05, 0) is 31.2 Å². The molecule has 1 atom stereocenters. The Kier molecular flexibility index (Phi) is 3.23. The Morgan fingerprint density at radius 2 is 2.28 bits per heavy atom. The standard InChI is InChI=1S/C14H21NO3/c1-9-5-10-11(15(9)8-13(17)18-4)6-14(2,3)7-12(10)16/h5,12,16H,6-8H2,1-4H3. The van der Waals surface area contributed by atoms with Crippen molar-refractivity contribution < 1.29 is 14.6 Å². The molecule has 0 spiro atoms. The molecule has 0 aliphatic heterocycles.